The number of allylic oxidation sites excluding steroid dienone is 1. The number of aromatic amines is 1. The molecule has 2 aromatic heterocycles. The van der Waals surface area contributed by atoms with Gasteiger partial charge in [0.05, 0.1) is 0 Å². The number of H-pyrrole nitrogens is 1. The number of ether oxygens (including phenoxy) is 2. The number of pyridine rings is 1. The molecule has 1 atom stereocenters. The van der Waals surface area contributed by atoms with Crippen molar-refractivity contribution >= 4 is 17.3 Å². The van der Waals surface area contributed by atoms with Gasteiger partial charge in [-0.2, -0.15) is 0 Å². The summed E-state index contributed by atoms with van der Waals surface area (Å²) >= 11 is -0.287. The minimum absolute atomic E-state index is 0.0884. The number of carbonyl (C=O) groups excluding carboxylic acids is 1. The number of benzene rings is 1. The Balaban J connectivity index is 1.72. The van der Waals surface area contributed by atoms with E-state index in [4.69, 9.17) is 9.47 Å². The summed E-state index contributed by atoms with van der Waals surface area (Å²) in [5.41, 5.74) is 6.72. The van der Waals surface area contributed by atoms with E-state index >= 15 is 0 Å². The number of aromatic nitrogens is 2. The number of halogens is 2. The number of alkyl halides is 2. The van der Waals surface area contributed by atoms with Crippen LogP contribution < -0.4 is 41.3 Å². The number of rotatable bonds is 3. The zero-order chi connectivity index (χ0) is 24.5. The molecule has 4 heterocycles. The minimum atomic E-state index is -0.482. The Kier molecular flexibility index (Phi) is 6.68. The first-order chi connectivity index (χ1) is 17.0. The second-order valence-corrected chi connectivity index (χ2v) is 11.8. The Bertz CT molecular complexity index is 1320. The van der Waals surface area contributed by atoms with Gasteiger partial charge in [-0.1, -0.05) is 0 Å². The Morgan fingerprint density at radius 1 is 1.26 bits per heavy atom. The number of nitrogens with zero attached hydrogens (tertiary/aromatic N) is 1. The van der Waals surface area contributed by atoms with Gasteiger partial charge in [0.2, 0.25) is 0 Å². The van der Waals surface area contributed by atoms with Crippen LogP contribution in [0, 0.1) is 5.82 Å². The predicted molar refractivity (Wildman–Crippen MR) is 129 cm³/mol. The Hall–Kier alpha value is -3.08. The number of methoxy groups -OCH3 is 1. The first-order valence-corrected chi connectivity index (χ1v) is 14.2. The van der Waals surface area contributed by atoms with Gasteiger partial charge in [-0.05, 0) is 0 Å². The number of nitrogens with one attached hydrogen (secondary N) is 3. The molecule has 0 radical (unpaired) electrons. The van der Waals surface area contributed by atoms with Crippen molar-refractivity contribution in [3.05, 3.63) is 64.9 Å². The fourth-order valence-corrected chi connectivity index (χ4v) is 7.61. The standard InChI is InChI=1S/C26H27FIN4O3/c1-14-8-10-35-20-13-29-9-7-16(20)22-24(31-19-6-4-5-17(27)25(19)34-3)21-23(32-22)18(12-30-26(21)33)28-11-15(14)2/h4-7,9,13,18,31-32H,8,10-12H2,1-3H3,(H,30,33)/q-1/b15-14+/t18-/m1/s1. The van der Waals surface area contributed by atoms with Crippen molar-refractivity contribution in [1.29, 1.82) is 0 Å². The quantitative estimate of drug-likeness (QED) is 0.247. The second-order valence-electron chi connectivity index (χ2n) is 8.61. The molecule has 3 N–H and O–H groups in total. The maximum atomic E-state index is 14.5. The molecule has 5 rings (SSSR count). The molecule has 0 aliphatic carbocycles. The molecular weight excluding hydrogens is 562 g/mol. The Morgan fingerprint density at radius 3 is 2.94 bits per heavy atom. The van der Waals surface area contributed by atoms with Crippen LogP contribution in [-0.2, 0) is 0 Å². The monoisotopic (exact) mass is 589 g/mol. The summed E-state index contributed by atoms with van der Waals surface area (Å²) in [6.45, 7) is 5.50. The summed E-state index contributed by atoms with van der Waals surface area (Å²) in [6.07, 6.45) is 4.24. The van der Waals surface area contributed by atoms with E-state index in [0.717, 1.165) is 22.1 Å². The number of carbonyl (C=O) groups is 1. The third-order valence-electron chi connectivity index (χ3n) is 6.42. The van der Waals surface area contributed by atoms with Crippen LogP contribution in [0.2, 0.25) is 0 Å². The van der Waals surface area contributed by atoms with Gasteiger partial charge in [0.25, 0.3) is 0 Å². The van der Waals surface area contributed by atoms with Crippen molar-refractivity contribution in [2.45, 2.75) is 24.2 Å². The van der Waals surface area contributed by atoms with E-state index in [0.29, 0.717) is 41.5 Å². The van der Waals surface area contributed by atoms with Crippen LogP contribution in [0.3, 0.4) is 0 Å². The van der Waals surface area contributed by atoms with Crippen molar-refractivity contribution in [3.8, 4) is 22.8 Å². The molecule has 0 unspecified atom stereocenters. The van der Waals surface area contributed by atoms with E-state index < -0.39 is 5.82 Å². The summed E-state index contributed by atoms with van der Waals surface area (Å²) in [5, 5.41) is 6.39. The van der Waals surface area contributed by atoms with Gasteiger partial charge >= 0.3 is 214 Å². The van der Waals surface area contributed by atoms with E-state index in [-0.39, 0.29) is 36.8 Å². The predicted octanol–water partition coefficient (Wildman–Crippen LogP) is 1.96. The molecule has 7 nitrogen and oxygen atoms in total. The van der Waals surface area contributed by atoms with Crippen LogP contribution in [0.25, 0.3) is 11.3 Å². The maximum absolute atomic E-state index is 14.5. The van der Waals surface area contributed by atoms with Gasteiger partial charge in [-0.25, -0.2) is 0 Å². The summed E-state index contributed by atoms with van der Waals surface area (Å²) in [6, 6.07) is 6.55. The fourth-order valence-electron chi connectivity index (χ4n) is 4.32. The molecule has 0 saturated carbocycles. The fraction of sp³-hybridized carbons (Fsp3) is 0.308. The number of para-hydroxylation sites is 1. The molecule has 1 amide bonds. The molecule has 2 aliphatic heterocycles. The molecule has 2 aliphatic rings. The van der Waals surface area contributed by atoms with Gasteiger partial charge in [0, 0.05) is 0 Å². The van der Waals surface area contributed by atoms with E-state index in [2.05, 4.69) is 34.4 Å². The third kappa shape index (κ3) is 4.49. The van der Waals surface area contributed by atoms with Gasteiger partial charge in [-0.3, -0.25) is 0 Å². The zero-order valence-corrected chi connectivity index (χ0v) is 22.0. The topological polar surface area (TPSA) is 88.3 Å². The molecule has 35 heavy (non-hydrogen) atoms. The van der Waals surface area contributed by atoms with Crippen molar-refractivity contribution < 1.29 is 39.9 Å². The number of hydrogen-bond acceptors (Lipinski definition) is 5. The van der Waals surface area contributed by atoms with Crippen molar-refractivity contribution in [2.24, 2.45) is 0 Å². The molecule has 0 fully saturated rings. The first-order valence-electron chi connectivity index (χ1n) is 11.4. The molecule has 0 saturated heterocycles. The summed E-state index contributed by atoms with van der Waals surface area (Å²) in [5.74, 6) is 0.0687. The summed E-state index contributed by atoms with van der Waals surface area (Å²) in [7, 11) is 1.43. The molecule has 3 aromatic rings. The van der Waals surface area contributed by atoms with Crippen LogP contribution >= 0.6 is 0 Å². The van der Waals surface area contributed by atoms with E-state index in [1.807, 2.05) is 6.07 Å². The van der Waals surface area contributed by atoms with Crippen LogP contribution in [0.5, 0.6) is 11.5 Å². The number of hydrogen-bond donors (Lipinski definition) is 3. The third-order valence-corrected chi connectivity index (χ3v) is 10.1. The normalized spacial score (nSPS) is 20.1. The molecule has 1 aromatic carbocycles. The SMILES string of the molecule is COc1c(F)cccc1Nc1c2[nH]c3c1C(=O)NC[C@H]3[I-]C/C(C)=C(\C)CCOc1cnccc1-2. The molecule has 184 valence electrons. The van der Waals surface area contributed by atoms with Crippen LogP contribution in [-0.4, -0.2) is 40.6 Å². The Morgan fingerprint density at radius 2 is 2.11 bits per heavy atom. The second kappa shape index (κ2) is 9.88. The number of fused-ring (bicyclic) bond motifs is 3. The zero-order valence-electron chi connectivity index (χ0n) is 19.8. The van der Waals surface area contributed by atoms with Gasteiger partial charge in [0.1, 0.15) is 0 Å². The first kappa shape index (κ1) is 23.7. The molecule has 2 bridgehead atoms. The van der Waals surface area contributed by atoms with Crippen molar-refractivity contribution in [2.75, 3.05) is 30.0 Å². The molecule has 9 heteroatoms. The van der Waals surface area contributed by atoms with Crippen LogP contribution in [0.1, 0.15) is 40.2 Å². The Labute approximate surface area is 213 Å². The van der Waals surface area contributed by atoms with E-state index in [1.165, 1.54) is 24.3 Å². The average molecular weight is 589 g/mol. The molecular formula is C26H27FIN4O3-. The summed E-state index contributed by atoms with van der Waals surface area (Å²) < 4.78 is 27.2. The summed E-state index contributed by atoms with van der Waals surface area (Å²) in [4.78, 5) is 21.0. The van der Waals surface area contributed by atoms with E-state index in [9.17, 15) is 9.18 Å². The van der Waals surface area contributed by atoms with Crippen LogP contribution in [0.15, 0.2) is 47.8 Å². The van der Waals surface area contributed by atoms with Gasteiger partial charge in [-0.15, -0.1) is 0 Å². The van der Waals surface area contributed by atoms with Crippen LogP contribution in [0.4, 0.5) is 15.8 Å². The van der Waals surface area contributed by atoms with Gasteiger partial charge in [0.15, 0.2) is 0 Å². The number of anilines is 2. The average Bonchev–Trinajstić information content (AvgIpc) is 3.23. The van der Waals surface area contributed by atoms with E-state index in [1.54, 1.807) is 24.5 Å². The van der Waals surface area contributed by atoms with Gasteiger partial charge < -0.3 is 0 Å². The van der Waals surface area contributed by atoms with Crippen molar-refractivity contribution in [3.63, 3.8) is 0 Å². The molecule has 0 spiro atoms. The van der Waals surface area contributed by atoms with Crippen molar-refractivity contribution in [1.82, 2.24) is 15.3 Å². The number of amides is 1.